The Morgan fingerprint density at radius 3 is 1.40 bits per heavy atom. The molecule has 2 heterocycles. The SMILES string of the molecule is O=c1n(Cn2nnn(-c3ccccc3)c2=O)nnn1-c1ccccc1. The van der Waals surface area contributed by atoms with Crippen LogP contribution in [-0.4, -0.2) is 39.6 Å². The Morgan fingerprint density at radius 1 is 0.600 bits per heavy atom. The van der Waals surface area contributed by atoms with E-state index < -0.39 is 11.4 Å². The first-order chi connectivity index (χ1) is 12.2. The number of tetrazole rings is 2. The first-order valence-electron chi connectivity index (χ1n) is 7.40. The van der Waals surface area contributed by atoms with E-state index in [2.05, 4.69) is 20.9 Å². The van der Waals surface area contributed by atoms with Gasteiger partial charge in [0.1, 0.15) is 6.67 Å². The highest BCUT2D eigenvalue weighted by molar-refractivity contribution is 5.29. The monoisotopic (exact) mass is 336 g/mol. The molecular formula is C15H12N8O2. The van der Waals surface area contributed by atoms with Crippen LogP contribution in [0.25, 0.3) is 11.4 Å². The second-order valence-electron chi connectivity index (χ2n) is 5.16. The molecule has 25 heavy (non-hydrogen) atoms. The fraction of sp³-hybridized carbons (Fsp3) is 0.0667. The number of nitrogens with zero attached hydrogens (tertiary/aromatic N) is 8. The van der Waals surface area contributed by atoms with Crippen molar-refractivity contribution in [3.8, 4) is 11.4 Å². The summed E-state index contributed by atoms with van der Waals surface area (Å²) < 4.78 is 4.37. The predicted octanol–water partition coefficient (Wildman–Crippen LogP) is -0.323. The largest absolute Gasteiger partial charge is 0.370 e. The molecule has 0 aliphatic carbocycles. The van der Waals surface area contributed by atoms with Crippen LogP contribution in [0.5, 0.6) is 0 Å². The van der Waals surface area contributed by atoms with Crippen molar-refractivity contribution in [2.24, 2.45) is 0 Å². The standard InChI is InChI=1S/C15H12N8O2/c24-14-20(16-18-22(14)12-7-3-1-4-8-12)11-21-15(25)23(19-17-21)13-9-5-2-6-10-13/h1-10H,11H2. The van der Waals surface area contributed by atoms with Gasteiger partial charge in [0.25, 0.3) is 0 Å². The molecule has 10 heteroatoms. The molecule has 10 nitrogen and oxygen atoms in total. The minimum Gasteiger partial charge on any atom is -0.244 e. The number of hydrogen-bond donors (Lipinski definition) is 0. The molecule has 0 radical (unpaired) electrons. The summed E-state index contributed by atoms with van der Waals surface area (Å²) in [7, 11) is 0. The Kier molecular flexibility index (Phi) is 3.54. The van der Waals surface area contributed by atoms with E-state index in [4.69, 9.17) is 0 Å². The van der Waals surface area contributed by atoms with Gasteiger partial charge in [0.05, 0.1) is 11.4 Å². The number of hydrogen-bond acceptors (Lipinski definition) is 6. The average Bonchev–Trinajstić information content (AvgIpc) is 3.20. The van der Waals surface area contributed by atoms with Gasteiger partial charge in [-0.2, -0.15) is 18.7 Å². The molecule has 0 unspecified atom stereocenters. The summed E-state index contributed by atoms with van der Waals surface area (Å²) in [5, 5.41) is 15.2. The Balaban J connectivity index is 1.67. The normalized spacial score (nSPS) is 10.9. The Hall–Kier alpha value is -3.82. The van der Waals surface area contributed by atoms with E-state index in [1.165, 1.54) is 0 Å². The number of aromatic nitrogens is 8. The third-order valence-corrected chi connectivity index (χ3v) is 3.55. The third-order valence-electron chi connectivity index (χ3n) is 3.55. The van der Waals surface area contributed by atoms with E-state index in [-0.39, 0.29) is 6.67 Å². The Labute approximate surface area is 140 Å². The van der Waals surface area contributed by atoms with Crippen LogP contribution in [0.1, 0.15) is 0 Å². The van der Waals surface area contributed by atoms with Crippen LogP contribution in [0.3, 0.4) is 0 Å². The smallest absolute Gasteiger partial charge is 0.244 e. The molecule has 0 amide bonds. The van der Waals surface area contributed by atoms with Gasteiger partial charge >= 0.3 is 11.4 Å². The third kappa shape index (κ3) is 2.65. The first kappa shape index (κ1) is 14.8. The topological polar surface area (TPSA) is 105 Å². The zero-order valence-corrected chi connectivity index (χ0v) is 12.9. The molecule has 124 valence electrons. The zero-order chi connectivity index (χ0) is 17.2. The lowest BCUT2D eigenvalue weighted by atomic mass is 10.3. The van der Waals surface area contributed by atoms with Crippen molar-refractivity contribution in [3.05, 3.63) is 81.6 Å². The van der Waals surface area contributed by atoms with Gasteiger partial charge < -0.3 is 0 Å². The minimum atomic E-state index is -0.479. The van der Waals surface area contributed by atoms with Crippen LogP contribution >= 0.6 is 0 Å². The highest BCUT2D eigenvalue weighted by atomic mass is 16.2. The van der Waals surface area contributed by atoms with Crippen molar-refractivity contribution in [2.45, 2.75) is 6.67 Å². The van der Waals surface area contributed by atoms with Crippen LogP contribution in [0, 0.1) is 0 Å². The molecule has 0 spiro atoms. The van der Waals surface area contributed by atoms with Crippen LogP contribution in [0.15, 0.2) is 70.3 Å². The summed E-state index contributed by atoms with van der Waals surface area (Å²) in [5.74, 6) is 0. The van der Waals surface area contributed by atoms with Crippen LogP contribution < -0.4 is 11.4 Å². The van der Waals surface area contributed by atoms with Gasteiger partial charge in [-0.15, -0.1) is 0 Å². The maximum Gasteiger partial charge on any atom is 0.370 e. The second-order valence-corrected chi connectivity index (χ2v) is 5.16. The fourth-order valence-corrected chi connectivity index (χ4v) is 2.32. The highest BCUT2D eigenvalue weighted by Crippen LogP contribution is 2.01. The zero-order valence-electron chi connectivity index (χ0n) is 12.9. The van der Waals surface area contributed by atoms with Crippen molar-refractivity contribution in [1.82, 2.24) is 39.6 Å². The second kappa shape index (κ2) is 6.00. The van der Waals surface area contributed by atoms with Crippen LogP contribution in [0.4, 0.5) is 0 Å². The van der Waals surface area contributed by atoms with E-state index in [1.807, 2.05) is 12.1 Å². The molecule has 0 aliphatic rings. The van der Waals surface area contributed by atoms with Crippen molar-refractivity contribution < 1.29 is 0 Å². The molecule has 4 aromatic rings. The van der Waals surface area contributed by atoms with E-state index in [0.29, 0.717) is 11.4 Å². The molecule has 0 N–H and O–H groups in total. The van der Waals surface area contributed by atoms with Crippen molar-refractivity contribution in [1.29, 1.82) is 0 Å². The van der Waals surface area contributed by atoms with E-state index in [1.54, 1.807) is 48.5 Å². The minimum absolute atomic E-state index is 0.183. The fourth-order valence-electron chi connectivity index (χ4n) is 2.32. The maximum atomic E-state index is 12.4. The molecule has 4 rings (SSSR count). The van der Waals surface area contributed by atoms with Crippen molar-refractivity contribution in [2.75, 3.05) is 0 Å². The molecule has 0 saturated carbocycles. The summed E-state index contributed by atoms with van der Waals surface area (Å²) in [6.45, 7) is -0.183. The lowest BCUT2D eigenvalue weighted by Gasteiger charge is -1.98. The number of rotatable bonds is 4. The van der Waals surface area contributed by atoms with E-state index in [0.717, 1.165) is 18.7 Å². The number of benzene rings is 2. The molecule has 0 aliphatic heterocycles. The van der Waals surface area contributed by atoms with E-state index in [9.17, 15) is 9.59 Å². The predicted molar refractivity (Wildman–Crippen MR) is 86.6 cm³/mol. The van der Waals surface area contributed by atoms with Crippen LogP contribution in [0.2, 0.25) is 0 Å². The van der Waals surface area contributed by atoms with Gasteiger partial charge in [0, 0.05) is 0 Å². The van der Waals surface area contributed by atoms with Crippen molar-refractivity contribution in [3.63, 3.8) is 0 Å². The van der Waals surface area contributed by atoms with Gasteiger partial charge in [0.2, 0.25) is 0 Å². The summed E-state index contributed by atoms with van der Waals surface area (Å²) in [4.78, 5) is 24.8. The first-order valence-corrected chi connectivity index (χ1v) is 7.40. The van der Waals surface area contributed by atoms with Gasteiger partial charge in [-0.05, 0) is 45.1 Å². The van der Waals surface area contributed by atoms with Gasteiger partial charge in [-0.25, -0.2) is 9.59 Å². The average molecular weight is 336 g/mol. The maximum absolute atomic E-state index is 12.4. The highest BCUT2D eigenvalue weighted by Gasteiger charge is 2.13. The van der Waals surface area contributed by atoms with Gasteiger partial charge in [-0.3, -0.25) is 0 Å². The lowest BCUT2D eigenvalue weighted by Crippen LogP contribution is -2.32. The van der Waals surface area contributed by atoms with Gasteiger partial charge in [0.15, 0.2) is 0 Å². The molecule has 0 bridgehead atoms. The molecule has 2 aromatic carbocycles. The summed E-state index contributed by atoms with van der Waals surface area (Å²) in [5.41, 5.74) is 0.206. The summed E-state index contributed by atoms with van der Waals surface area (Å²) >= 11 is 0. The van der Waals surface area contributed by atoms with Gasteiger partial charge in [-0.1, -0.05) is 36.4 Å². The molecule has 0 fully saturated rings. The molecule has 0 atom stereocenters. The Morgan fingerprint density at radius 2 is 1.00 bits per heavy atom. The van der Waals surface area contributed by atoms with Crippen LogP contribution in [-0.2, 0) is 6.67 Å². The number of para-hydroxylation sites is 2. The quantitative estimate of drug-likeness (QED) is 0.505. The Bertz CT molecular complexity index is 1020. The summed E-state index contributed by atoms with van der Waals surface area (Å²) in [6.07, 6.45) is 0. The van der Waals surface area contributed by atoms with E-state index >= 15 is 0 Å². The summed E-state index contributed by atoms with van der Waals surface area (Å²) in [6, 6.07) is 17.8. The molecular weight excluding hydrogens is 324 g/mol. The lowest BCUT2D eigenvalue weighted by molar-refractivity contribution is 0.459. The van der Waals surface area contributed by atoms with Crippen molar-refractivity contribution >= 4 is 0 Å². The molecule has 2 aromatic heterocycles. The molecule has 0 saturated heterocycles.